The van der Waals surface area contributed by atoms with Crippen LogP contribution in [0.25, 0.3) is 0 Å². The summed E-state index contributed by atoms with van der Waals surface area (Å²) in [5.74, 6) is -1.38. The van der Waals surface area contributed by atoms with Crippen LogP contribution in [0.4, 0.5) is 4.79 Å². The Labute approximate surface area is 210 Å². The van der Waals surface area contributed by atoms with Gasteiger partial charge in [-0.2, -0.15) is 0 Å². The summed E-state index contributed by atoms with van der Waals surface area (Å²) in [6.07, 6.45) is 0.457. The van der Waals surface area contributed by atoms with Gasteiger partial charge in [0.25, 0.3) is 8.32 Å². The van der Waals surface area contributed by atoms with Gasteiger partial charge in [0.1, 0.15) is 5.60 Å². The van der Waals surface area contributed by atoms with Crippen LogP contribution in [-0.2, 0) is 14.0 Å². The van der Waals surface area contributed by atoms with E-state index >= 15 is 0 Å². The summed E-state index contributed by atoms with van der Waals surface area (Å²) in [5.41, 5.74) is -0.653. The van der Waals surface area contributed by atoms with Crippen molar-refractivity contribution < 1.29 is 23.9 Å². The lowest BCUT2D eigenvalue weighted by atomic mass is 9.84. The molecule has 0 aromatic heterocycles. The second kappa shape index (κ2) is 10.5. The Bertz CT molecular complexity index is 958. The van der Waals surface area contributed by atoms with E-state index in [9.17, 15) is 14.7 Å². The molecule has 7 heteroatoms. The lowest BCUT2D eigenvalue weighted by Crippen LogP contribution is -2.69. The van der Waals surface area contributed by atoms with E-state index in [0.717, 1.165) is 10.4 Å². The van der Waals surface area contributed by atoms with E-state index in [2.05, 4.69) is 50.4 Å². The molecule has 0 aliphatic heterocycles. The first kappa shape index (κ1) is 27.0. The van der Waals surface area contributed by atoms with Crippen LogP contribution >= 0.6 is 0 Å². The molecular formula is C28H39NO5Si. The lowest BCUT2D eigenvalue weighted by Gasteiger charge is -2.48. The molecule has 190 valence electrons. The molecule has 0 bridgehead atoms. The Morgan fingerprint density at radius 1 is 0.886 bits per heavy atom. The van der Waals surface area contributed by atoms with Crippen molar-refractivity contribution in [1.29, 1.82) is 0 Å². The molecule has 1 aliphatic carbocycles. The van der Waals surface area contributed by atoms with Gasteiger partial charge in [0.15, 0.2) is 0 Å². The summed E-state index contributed by atoms with van der Waals surface area (Å²) in [6.45, 7) is 12.0. The third-order valence-corrected chi connectivity index (χ3v) is 11.6. The maximum atomic E-state index is 12.7. The minimum Gasteiger partial charge on any atom is -0.481 e. The van der Waals surface area contributed by atoms with Gasteiger partial charge in [0.2, 0.25) is 0 Å². The second-order valence-corrected chi connectivity index (χ2v) is 15.7. The maximum Gasteiger partial charge on any atom is 0.407 e. The van der Waals surface area contributed by atoms with Crippen molar-refractivity contribution in [2.75, 3.05) is 0 Å². The first-order valence-electron chi connectivity index (χ1n) is 12.3. The molecule has 1 fully saturated rings. The van der Waals surface area contributed by atoms with E-state index in [1.165, 1.54) is 0 Å². The molecule has 0 unspecified atom stereocenters. The van der Waals surface area contributed by atoms with Crippen LogP contribution in [0.2, 0.25) is 5.04 Å². The molecule has 3 rings (SSSR count). The van der Waals surface area contributed by atoms with Crippen LogP contribution < -0.4 is 15.7 Å². The molecule has 0 heterocycles. The van der Waals surface area contributed by atoms with E-state index in [1.807, 2.05) is 57.2 Å². The van der Waals surface area contributed by atoms with Gasteiger partial charge in [-0.05, 0) is 55.4 Å². The summed E-state index contributed by atoms with van der Waals surface area (Å²) >= 11 is 0. The minimum atomic E-state index is -2.87. The Kier molecular flexibility index (Phi) is 8.12. The molecule has 1 aliphatic rings. The predicted molar refractivity (Wildman–Crippen MR) is 141 cm³/mol. The third kappa shape index (κ3) is 6.33. The largest absolute Gasteiger partial charge is 0.481 e. The highest BCUT2D eigenvalue weighted by Crippen LogP contribution is 2.40. The van der Waals surface area contributed by atoms with Crippen molar-refractivity contribution in [2.45, 2.75) is 83.6 Å². The van der Waals surface area contributed by atoms with Gasteiger partial charge in [-0.3, -0.25) is 4.79 Å². The number of carboxylic acids is 1. The minimum absolute atomic E-state index is 0.226. The van der Waals surface area contributed by atoms with Crippen LogP contribution in [0.1, 0.15) is 60.8 Å². The van der Waals surface area contributed by atoms with Gasteiger partial charge >= 0.3 is 12.1 Å². The smallest absolute Gasteiger partial charge is 0.407 e. The average molecular weight is 498 g/mol. The fourth-order valence-electron chi connectivity index (χ4n) is 5.04. The molecular weight excluding hydrogens is 458 g/mol. The van der Waals surface area contributed by atoms with Gasteiger partial charge < -0.3 is 19.6 Å². The summed E-state index contributed by atoms with van der Waals surface area (Å²) in [5, 5.41) is 14.7. The lowest BCUT2D eigenvalue weighted by molar-refractivity contribution is -0.143. The fraction of sp³-hybridized carbons (Fsp3) is 0.500. The number of hydrogen-bond acceptors (Lipinski definition) is 4. The second-order valence-electron chi connectivity index (χ2n) is 11.4. The molecule has 1 saturated carbocycles. The molecule has 3 atom stereocenters. The number of ether oxygens (including phenoxy) is 1. The van der Waals surface area contributed by atoms with Crippen LogP contribution in [-0.4, -0.2) is 43.2 Å². The Hall–Kier alpha value is -2.64. The first-order valence-corrected chi connectivity index (χ1v) is 14.3. The number of benzene rings is 2. The number of alkyl carbamates (subject to hydrolysis) is 1. The van der Waals surface area contributed by atoms with E-state index in [4.69, 9.17) is 9.16 Å². The number of amides is 1. The summed E-state index contributed by atoms with van der Waals surface area (Å²) in [6, 6.07) is 20.2. The van der Waals surface area contributed by atoms with E-state index in [-0.39, 0.29) is 11.1 Å². The number of carbonyl (C=O) groups excluding carboxylic acids is 1. The molecule has 2 aromatic carbocycles. The van der Waals surface area contributed by atoms with Crippen molar-refractivity contribution in [2.24, 2.45) is 5.92 Å². The first-order chi connectivity index (χ1) is 16.3. The molecule has 2 aromatic rings. The van der Waals surface area contributed by atoms with Crippen LogP contribution in [0, 0.1) is 5.92 Å². The van der Waals surface area contributed by atoms with E-state index in [1.54, 1.807) is 0 Å². The zero-order valence-electron chi connectivity index (χ0n) is 21.7. The Balaban J connectivity index is 2.05. The highest BCUT2D eigenvalue weighted by atomic mass is 28.4. The van der Waals surface area contributed by atoms with Crippen molar-refractivity contribution in [3.8, 4) is 0 Å². The van der Waals surface area contributed by atoms with Crippen LogP contribution in [0.5, 0.6) is 0 Å². The van der Waals surface area contributed by atoms with Gasteiger partial charge in [0, 0.05) is 0 Å². The SMILES string of the molecule is CC(C)(C)OC(=O)N[C@H]1C[C@H](C(=O)O)CC[C@@H]1O[Si](c1ccccc1)(c1ccccc1)C(C)(C)C. The normalized spacial score (nSPS) is 21.3. The molecule has 35 heavy (non-hydrogen) atoms. The van der Waals surface area contributed by atoms with E-state index < -0.39 is 37.9 Å². The van der Waals surface area contributed by atoms with Crippen molar-refractivity contribution >= 4 is 30.8 Å². The molecule has 0 spiro atoms. The molecule has 1 amide bonds. The van der Waals surface area contributed by atoms with Crippen LogP contribution in [0.3, 0.4) is 0 Å². The summed E-state index contributed by atoms with van der Waals surface area (Å²) in [7, 11) is -2.87. The Morgan fingerprint density at radius 2 is 1.40 bits per heavy atom. The quantitative estimate of drug-likeness (QED) is 0.565. The molecule has 6 nitrogen and oxygen atoms in total. The molecule has 0 saturated heterocycles. The third-order valence-electron chi connectivity index (χ3n) is 6.58. The Morgan fingerprint density at radius 3 is 1.83 bits per heavy atom. The number of nitrogens with one attached hydrogen (secondary N) is 1. The molecule has 2 N–H and O–H groups in total. The van der Waals surface area contributed by atoms with E-state index in [0.29, 0.717) is 19.3 Å². The summed E-state index contributed by atoms with van der Waals surface area (Å²) in [4.78, 5) is 24.6. The number of carboxylic acid groups (broad SMARTS) is 1. The number of carbonyl (C=O) groups is 2. The fourth-order valence-corrected chi connectivity index (χ4v) is 9.79. The predicted octanol–water partition coefficient (Wildman–Crippen LogP) is 4.71. The topological polar surface area (TPSA) is 84.9 Å². The van der Waals surface area contributed by atoms with Gasteiger partial charge in [-0.15, -0.1) is 0 Å². The highest BCUT2D eigenvalue weighted by molar-refractivity contribution is 6.99. The van der Waals surface area contributed by atoms with Gasteiger partial charge in [0.05, 0.1) is 18.1 Å². The number of hydrogen-bond donors (Lipinski definition) is 2. The van der Waals surface area contributed by atoms with Crippen molar-refractivity contribution in [1.82, 2.24) is 5.32 Å². The van der Waals surface area contributed by atoms with Crippen LogP contribution in [0.15, 0.2) is 60.7 Å². The zero-order valence-corrected chi connectivity index (χ0v) is 22.7. The van der Waals surface area contributed by atoms with Gasteiger partial charge in [-0.25, -0.2) is 4.79 Å². The van der Waals surface area contributed by atoms with Gasteiger partial charge in [-0.1, -0.05) is 81.4 Å². The summed E-state index contributed by atoms with van der Waals surface area (Å²) < 4.78 is 12.8. The monoisotopic (exact) mass is 497 g/mol. The maximum absolute atomic E-state index is 12.7. The number of aliphatic carboxylic acids is 1. The average Bonchev–Trinajstić information content (AvgIpc) is 2.77. The number of rotatable bonds is 6. The highest BCUT2D eigenvalue weighted by Gasteiger charge is 2.53. The van der Waals surface area contributed by atoms with Crippen molar-refractivity contribution in [3.63, 3.8) is 0 Å². The molecule has 0 radical (unpaired) electrons. The standard InChI is InChI=1S/C28H39NO5Si/c1-27(2,3)33-26(32)29-23-19-20(25(30)31)17-18-24(23)34-35(28(4,5)6,21-13-9-7-10-14-21)22-15-11-8-12-16-22/h7-16,20,23-24H,17-19H2,1-6H3,(H,29,32)(H,30,31)/t20-,23+,24+/m1/s1. The zero-order chi connectivity index (χ0) is 25.9. The van der Waals surface area contributed by atoms with Crippen molar-refractivity contribution in [3.05, 3.63) is 60.7 Å².